The molecule has 3 N–H and O–H groups in total. The zero-order valence-electron chi connectivity index (χ0n) is 7.02. The van der Waals surface area contributed by atoms with Gasteiger partial charge in [0.05, 0.1) is 0 Å². The lowest BCUT2D eigenvalue weighted by Crippen LogP contribution is -2.21. The molecule has 0 saturated heterocycles. The number of hydrogen-bond donors (Lipinski definition) is 2. The molecular formula is C9H14N2. The molecule has 2 nitrogen and oxygen atoms in total. The molecule has 0 spiro atoms. The molecule has 0 aliphatic rings. The highest BCUT2D eigenvalue weighted by molar-refractivity contribution is 5.33. The van der Waals surface area contributed by atoms with E-state index in [1.807, 2.05) is 0 Å². The minimum atomic E-state index is 0.749. The van der Waals surface area contributed by atoms with Crippen LogP contribution in [0, 0.1) is 13.8 Å². The Balaban J connectivity index is 3.00. The lowest BCUT2D eigenvalue weighted by atomic mass is 10.0. The van der Waals surface area contributed by atoms with Crippen molar-refractivity contribution in [3.05, 3.63) is 34.9 Å². The molecule has 2 heteroatoms. The normalized spacial score (nSPS) is 10.1. The lowest BCUT2D eigenvalue weighted by Gasteiger charge is -2.07. The van der Waals surface area contributed by atoms with Gasteiger partial charge in [0.15, 0.2) is 0 Å². The molecule has 0 amide bonds. The van der Waals surface area contributed by atoms with Crippen LogP contribution in [-0.2, 0) is 6.54 Å². The zero-order valence-corrected chi connectivity index (χ0v) is 7.02. The Kier molecular flexibility index (Phi) is 2.63. The van der Waals surface area contributed by atoms with Crippen molar-refractivity contribution in [1.29, 1.82) is 0 Å². The van der Waals surface area contributed by atoms with Gasteiger partial charge in [-0.25, -0.2) is 0 Å². The van der Waals surface area contributed by atoms with Gasteiger partial charge in [-0.1, -0.05) is 18.2 Å². The van der Waals surface area contributed by atoms with Gasteiger partial charge in [0, 0.05) is 6.54 Å². The summed E-state index contributed by atoms with van der Waals surface area (Å²) < 4.78 is 0. The van der Waals surface area contributed by atoms with Crippen LogP contribution in [0.25, 0.3) is 0 Å². The minimum Gasteiger partial charge on any atom is -0.271 e. The van der Waals surface area contributed by atoms with Gasteiger partial charge in [0.2, 0.25) is 0 Å². The van der Waals surface area contributed by atoms with E-state index in [0.29, 0.717) is 0 Å². The largest absolute Gasteiger partial charge is 0.271 e. The van der Waals surface area contributed by atoms with Gasteiger partial charge in [0.25, 0.3) is 0 Å². The van der Waals surface area contributed by atoms with Crippen LogP contribution in [-0.4, -0.2) is 0 Å². The van der Waals surface area contributed by atoms with Crippen LogP contribution in [0.5, 0.6) is 0 Å². The minimum absolute atomic E-state index is 0.749. The van der Waals surface area contributed by atoms with Crippen molar-refractivity contribution in [3.63, 3.8) is 0 Å². The summed E-state index contributed by atoms with van der Waals surface area (Å²) in [5.74, 6) is 5.25. The van der Waals surface area contributed by atoms with Crippen molar-refractivity contribution in [2.75, 3.05) is 0 Å². The number of nitrogens with two attached hydrogens (primary N) is 1. The molecule has 0 radical (unpaired) electrons. The zero-order chi connectivity index (χ0) is 8.27. The number of hydrazine groups is 1. The van der Waals surface area contributed by atoms with Crippen molar-refractivity contribution in [3.8, 4) is 0 Å². The molecule has 1 aromatic carbocycles. The van der Waals surface area contributed by atoms with Gasteiger partial charge in [-0.2, -0.15) is 0 Å². The molecule has 0 atom stereocenters. The van der Waals surface area contributed by atoms with Crippen molar-refractivity contribution < 1.29 is 0 Å². The van der Waals surface area contributed by atoms with Gasteiger partial charge in [-0.15, -0.1) is 0 Å². The molecule has 0 aliphatic carbocycles. The highest BCUT2D eigenvalue weighted by atomic mass is 15.2. The molecule has 0 aromatic heterocycles. The fraction of sp³-hybridized carbons (Fsp3) is 0.333. The number of benzene rings is 1. The second-order valence-electron chi connectivity index (χ2n) is 2.75. The van der Waals surface area contributed by atoms with E-state index in [4.69, 9.17) is 5.84 Å². The summed E-state index contributed by atoms with van der Waals surface area (Å²) in [5, 5.41) is 0. The van der Waals surface area contributed by atoms with Crippen LogP contribution in [0.1, 0.15) is 16.7 Å². The molecule has 0 aliphatic heterocycles. The molecule has 1 aromatic rings. The molecule has 11 heavy (non-hydrogen) atoms. The molecule has 1 rings (SSSR count). The Hall–Kier alpha value is -0.860. The van der Waals surface area contributed by atoms with Gasteiger partial charge in [-0.05, 0) is 30.5 Å². The third kappa shape index (κ3) is 1.79. The van der Waals surface area contributed by atoms with E-state index in [0.717, 1.165) is 6.54 Å². The SMILES string of the molecule is Cc1cccc(C)c1CNN. The third-order valence-corrected chi connectivity index (χ3v) is 1.92. The molecule has 0 bridgehead atoms. The van der Waals surface area contributed by atoms with E-state index in [-0.39, 0.29) is 0 Å². The first-order chi connectivity index (χ1) is 5.25. The van der Waals surface area contributed by atoms with Crippen molar-refractivity contribution in [2.45, 2.75) is 20.4 Å². The Morgan fingerprint density at radius 1 is 1.27 bits per heavy atom. The third-order valence-electron chi connectivity index (χ3n) is 1.92. The summed E-state index contributed by atoms with van der Waals surface area (Å²) in [6.45, 7) is 4.94. The summed E-state index contributed by atoms with van der Waals surface area (Å²) in [7, 11) is 0. The van der Waals surface area contributed by atoms with E-state index < -0.39 is 0 Å². The first kappa shape index (κ1) is 8.24. The highest BCUT2D eigenvalue weighted by Crippen LogP contribution is 2.11. The topological polar surface area (TPSA) is 38.0 Å². The summed E-state index contributed by atoms with van der Waals surface area (Å²) in [4.78, 5) is 0. The van der Waals surface area contributed by atoms with Crippen molar-refractivity contribution in [1.82, 2.24) is 5.43 Å². The summed E-state index contributed by atoms with van der Waals surface area (Å²) in [6.07, 6.45) is 0. The molecular weight excluding hydrogens is 136 g/mol. The average molecular weight is 150 g/mol. The summed E-state index contributed by atoms with van der Waals surface area (Å²) in [6, 6.07) is 6.25. The molecule has 0 heterocycles. The maximum Gasteiger partial charge on any atom is 0.0353 e. The van der Waals surface area contributed by atoms with E-state index in [9.17, 15) is 0 Å². The number of nitrogens with one attached hydrogen (secondary N) is 1. The van der Waals surface area contributed by atoms with Gasteiger partial charge in [0.1, 0.15) is 0 Å². The fourth-order valence-electron chi connectivity index (χ4n) is 1.23. The van der Waals surface area contributed by atoms with Crippen LogP contribution in [0.15, 0.2) is 18.2 Å². The standard InChI is InChI=1S/C9H14N2/c1-7-4-3-5-8(2)9(7)6-11-10/h3-5,11H,6,10H2,1-2H3. The Morgan fingerprint density at radius 2 is 1.82 bits per heavy atom. The molecule has 60 valence electrons. The Morgan fingerprint density at radius 3 is 2.27 bits per heavy atom. The van der Waals surface area contributed by atoms with Crippen LogP contribution in [0.2, 0.25) is 0 Å². The summed E-state index contributed by atoms with van der Waals surface area (Å²) >= 11 is 0. The molecule has 0 saturated carbocycles. The van der Waals surface area contributed by atoms with Gasteiger partial charge in [-0.3, -0.25) is 11.3 Å². The Bertz CT molecular complexity index is 223. The van der Waals surface area contributed by atoms with Crippen LogP contribution >= 0.6 is 0 Å². The van der Waals surface area contributed by atoms with E-state index in [2.05, 4.69) is 37.5 Å². The maximum absolute atomic E-state index is 5.25. The van der Waals surface area contributed by atoms with Gasteiger partial charge >= 0.3 is 0 Å². The predicted molar refractivity (Wildman–Crippen MR) is 46.9 cm³/mol. The monoisotopic (exact) mass is 150 g/mol. The first-order valence-electron chi connectivity index (χ1n) is 3.74. The summed E-state index contributed by atoms with van der Waals surface area (Å²) in [5.41, 5.74) is 6.56. The smallest absolute Gasteiger partial charge is 0.0353 e. The van der Waals surface area contributed by atoms with Crippen LogP contribution in [0.3, 0.4) is 0 Å². The predicted octanol–water partition coefficient (Wildman–Crippen LogP) is 1.27. The van der Waals surface area contributed by atoms with Gasteiger partial charge < -0.3 is 0 Å². The maximum atomic E-state index is 5.25. The van der Waals surface area contributed by atoms with Crippen LogP contribution < -0.4 is 11.3 Å². The fourth-order valence-corrected chi connectivity index (χ4v) is 1.23. The van der Waals surface area contributed by atoms with Crippen molar-refractivity contribution >= 4 is 0 Å². The highest BCUT2D eigenvalue weighted by Gasteiger charge is 1.98. The number of aryl methyl sites for hydroxylation is 2. The second kappa shape index (κ2) is 3.51. The van der Waals surface area contributed by atoms with Crippen molar-refractivity contribution in [2.24, 2.45) is 5.84 Å². The van der Waals surface area contributed by atoms with E-state index in [1.54, 1.807) is 0 Å². The van der Waals surface area contributed by atoms with Crippen LogP contribution in [0.4, 0.5) is 0 Å². The quantitative estimate of drug-likeness (QED) is 0.492. The average Bonchev–Trinajstić information content (AvgIpc) is 1.97. The Labute approximate surface area is 67.4 Å². The first-order valence-corrected chi connectivity index (χ1v) is 3.74. The molecule has 0 unspecified atom stereocenters. The molecule has 0 fully saturated rings. The number of rotatable bonds is 2. The van der Waals surface area contributed by atoms with E-state index >= 15 is 0 Å². The lowest BCUT2D eigenvalue weighted by molar-refractivity contribution is 0.733. The second-order valence-corrected chi connectivity index (χ2v) is 2.75. The van der Waals surface area contributed by atoms with E-state index in [1.165, 1.54) is 16.7 Å². The number of hydrogen-bond acceptors (Lipinski definition) is 2.